The first-order chi connectivity index (χ1) is 13.3. The lowest BCUT2D eigenvalue weighted by atomic mass is 10.2. The third-order valence-corrected chi connectivity index (χ3v) is 5.79. The molecule has 1 aliphatic rings. The summed E-state index contributed by atoms with van der Waals surface area (Å²) in [4.78, 5) is 18.3. The van der Waals surface area contributed by atoms with Gasteiger partial charge in [-0.3, -0.25) is 14.2 Å². The standard InChI is InChI=1S/C19H30ClN7O/c1-15-12-18(25(4)21-15)19(28)27(14-17-16(20)13-24(3)22-17)7-5-6-26-10-8-23(2)9-11-26/h12-13H,5-11,14H2,1-4H3/p+2. The topological polar surface area (TPSA) is 64.8 Å². The average molecular weight is 410 g/mol. The van der Waals surface area contributed by atoms with Gasteiger partial charge in [-0.1, -0.05) is 11.6 Å². The maximum atomic E-state index is 13.2. The minimum atomic E-state index is -0.0253. The molecule has 154 valence electrons. The van der Waals surface area contributed by atoms with E-state index in [1.165, 1.54) is 26.2 Å². The number of carbonyl (C=O) groups excluding carboxylic acids is 1. The highest BCUT2D eigenvalue weighted by Crippen LogP contribution is 2.17. The minimum Gasteiger partial charge on any atom is -0.331 e. The van der Waals surface area contributed by atoms with Crippen molar-refractivity contribution in [2.45, 2.75) is 19.9 Å². The molecule has 2 aromatic heterocycles. The van der Waals surface area contributed by atoms with Crippen molar-refractivity contribution in [2.24, 2.45) is 14.1 Å². The molecule has 9 heteroatoms. The Morgan fingerprint density at radius 1 is 1.25 bits per heavy atom. The van der Waals surface area contributed by atoms with Crippen LogP contribution in [0.3, 0.4) is 0 Å². The van der Waals surface area contributed by atoms with Crippen LogP contribution in [0.1, 0.15) is 28.3 Å². The first kappa shape index (κ1) is 20.8. The molecule has 0 atom stereocenters. The average Bonchev–Trinajstić information content (AvgIpc) is 3.15. The fourth-order valence-electron chi connectivity index (χ4n) is 3.82. The molecule has 1 fully saturated rings. The van der Waals surface area contributed by atoms with E-state index in [-0.39, 0.29) is 5.91 Å². The van der Waals surface area contributed by atoms with Gasteiger partial charge in [0.2, 0.25) is 0 Å². The number of rotatable bonds is 7. The molecule has 0 aliphatic carbocycles. The predicted molar refractivity (Wildman–Crippen MR) is 108 cm³/mol. The molecule has 0 unspecified atom stereocenters. The summed E-state index contributed by atoms with van der Waals surface area (Å²) in [7, 11) is 5.90. The highest BCUT2D eigenvalue weighted by atomic mass is 35.5. The molecule has 28 heavy (non-hydrogen) atoms. The van der Waals surface area contributed by atoms with Crippen molar-refractivity contribution in [3.63, 3.8) is 0 Å². The van der Waals surface area contributed by atoms with Crippen LogP contribution < -0.4 is 9.80 Å². The third-order valence-electron chi connectivity index (χ3n) is 5.47. The minimum absolute atomic E-state index is 0.0253. The van der Waals surface area contributed by atoms with Gasteiger partial charge in [0.25, 0.3) is 5.91 Å². The van der Waals surface area contributed by atoms with Crippen molar-refractivity contribution in [1.82, 2.24) is 24.5 Å². The molecule has 2 aromatic rings. The van der Waals surface area contributed by atoms with Crippen LogP contribution in [0.25, 0.3) is 0 Å². The van der Waals surface area contributed by atoms with Gasteiger partial charge in [0.15, 0.2) is 0 Å². The number of amides is 1. The number of hydrogen-bond donors (Lipinski definition) is 2. The van der Waals surface area contributed by atoms with Gasteiger partial charge < -0.3 is 14.7 Å². The Bertz CT molecular complexity index is 807. The van der Waals surface area contributed by atoms with Gasteiger partial charge in [0, 0.05) is 33.3 Å². The van der Waals surface area contributed by atoms with Crippen molar-refractivity contribution in [3.05, 3.63) is 34.4 Å². The van der Waals surface area contributed by atoms with Crippen LogP contribution >= 0.6 is 11.6 Å². The van der Waals surface area contributed by atoms with Gasteiger partial charge in [-0.25, -0.2) is 0 Å². The molecule has 0 radical (unpaired) electrons. The zero-order chi connectivity index (χ0) is 20.3. The van der Waals surface area contributed by atoms with E-state index in [0.717, 1.165) is 24.4 Å². The number of carbonyl (C=O) groups is 1. The summed E-state index contributed by atoms with van der Waals surface area (Å²) in [5.74, 6) is -0.0253. The van der Waals surface area contributed by atoms with E-state index >= 15 is 0 Å². The largest absolute Gasteiger partial charge is 0.331 e. The first-order valence-electron chi connectivity index (χ1n) is 9.96. The summed E-state index contributed by atoms with van der Waals surface area (Å²) in [6.07, 6.45) is 2.73. The lowest BCUT2D eigenvalue weighted by Crippen LogP contribution is -3.27. The van der Waals surface area contributed by atoms with Crippen LogP contribution in [0, 0.1) is 6.92 Å². The fourth-order valence-corrected chi connectivity index (χ4v) is 4.06. The Balaban J connectivity index is 1.68. The molecule has 1 saturated heterocycles. The fraction of sp³-hybridized carbons (Fsp3) is 0.632. The lowest BCUT2D eigenvalue weighted by molar-refractivity contribution is -1.00. The number of aromatic nitrogens is 4. The van der Waals surface area contributed by atoms with Gasteiger partial charge >= 0.3 is 0 Å². The quantitative estimate of drug-likeness (QED) is 0.589. The summed E-state index contributed by atoms with van der Waals surface area (Å²) >= 11 is 6.30. The molecule has 1 amide bonds. The van der Waals surface area contributed by atoms with Crippen molar-refractivity contribution >= 4 is 17.5 Å². The van der Waals surface area contributed by atoms with Crippen molar-refractivity contribution < 1.29 is 14.6 Å². The molecule has 2 N–H and O–H groups in total. The van der Waals surface area contributed by atoms with Gasteiger partial charge in [-0.2, -0.15) is 10.2 Å². The van der Waals surface area contributed by atoms with E-state index < -0.39 is 0 Å². The molecule has 8 nitrogen and oxygen atoms in total. The normalized spacial score (nSPS) is 19.8. The van der Waals surface area contributed by atoms with E-state index in [9.17, 15) is 4.79 Å². The van der Waals surface area contributed by atoms with Gasteiger partial charge in [0.1, 0.15) is 37.6 Å². The maximum absolute atomic E-state index is 13.2. The molecule has 3 rings (SSSR count). The molecule has 3 heterocycles. The van der Waals surface area contributed by atoms with E-state index in [0.29, 0.717) is 23.8 Å². The van der Waals surface area contributed by atoms with Crippen molar-refractivity contribution in [3.8, 4) is 0 Å². The van der Waals surface area contributed by atoms with E-state index in [1.54, 1.807) is 25.4 Å². The van der Waals surface area contributed by atoms with Gasteiger partial charge in [-0.05, 0) is 13.0 Å². The Morgan fingerprint density at radius 2 is 1.96 bits per heavy atom. The van der Waals surface area contributed by atoms with E-state index in [2.05, 4.69) is 17.2 Å². The van der Waals surface area contributed by atoms with Crippen LogP contribution in [0.15, 0.2) is 12.3 Å². The molecule has 0 aromatic carbocycles. The monoisotopic (exact) mass is 409 g/mol. The number of piperazine rings is 1. The Morgan fingerprint density at radius 3 is 2.54 bits per heavy atom. The number of quaternary nitrogens is 2. The van der Waals surface area contributed by atoms with Crippen LogP contribution in [0.2, 0.25) is 5.02 Å². The smallest absolute Gasteiger partial charge is 0.272 e. The predicted octanol–water partition coefficient (Wildman–Crippen LogP) is -1.44. The second kappa shape index (κ2) is 9.07. The number of hydrogen-bond acceptors (Lipinski definition) is 3. The van der Waals surface area contributed by atoms with Crippen LogP contribution in [-0.2, 0) is 20.6 Å². The second-order valence-corrected chi connectivity index (χ2v) is 8.34. The number of likely N-dealkylation sites (N-methyl/N-ethyl adjacent to an activating group) is 1. The summed E-state index contributed by atoms with van der Waals surface area (Å²) in [6, 6.07) is 1.84. The summed E-state index contributed by atoms with van der Waals surface area (Å²) in [6.45, 7) is 8.91. The molecule has 0 bridgehead atoms. The zero-order valence-corrected chi connectivity index (χ0v) is 18.1. The highest BCUT2D eigenvalue weighted by molar-refractivity contribution is 6.31. The van der Waals surface area contributed by atoms with Crippen LogP contribution in [0.4, 0.5) is 0 Å². The molecular formula is C19H32ClN7O+2. The number of aryl methyl sites for hydroxylation is 3. The van der Waals surface area contributed by atoms with Crippen LogP contribution in [-0.4, -0.2) is 76.7 Å². The van der Waals surface area contributed by atoms with Crippen molar-refractivity contribution in [1.29, 1.82) is 0 Å². The van der Waals surface area contributed by atoms with Crippen molar-refractivity contribution in [2.75, 3.05) is 46.3 Å². The number of halogens is 1. The highest BCUT2D eigenvalue weighted by Gasteiger charge is 2.24. The first-order valence-corrected chi connectivity index (χ1v) is 10.3. The van der Waals surface area contributed by atoms with E-state index in [1.807, 2.05) is 32.0 Å². The summed E-state index contributed by atoms with van der Waals surface area (Å²) in [5, 5.41) is 9.33. The molecular weight excluding hydrogens is 378 g/mol. The molecule has 1 aliphatic heterocycles. The lowest BCUT2D eigenvalue weighted by Gasteiger charge is -2.28. The Kier molecular flexibility index (Phi) is 6.74. The molecule has 0 spiro atoms. The SMILES string of the molecule is Cc1cc(C(=O)N(CCC[NH+]2CC[NH+](C)CC2)Cc2nn(C)cc2Cl)n(C)n1. The van der Waals surface area contributed by atoms with E-state index in [4.69, 9.17) is 11.6 Å². The molecule has 0 saturated carbocycles. The second-order valence-electron chi connectivity index (χ2n) is 7.93. The third kappa shape index (κ3) is 5.12. The van der Waals surface area contributed by atoms with Gasteiger partial charge in [-0.15, -0.1) is 0 Å². The Labute approximate surface area is 171 Å². The zero-order valence-electron chi connectivity index (χ0n) is 17.3. The Hall–Kier alpha value is -1.90. The maximum Gasteiger partial charge on any atom is 0.272 e. The summed E-state index contributed by atoms with van der Waals surface area (Å²) in [5.41, 5.74) is 2.16. The summed E-state index contributed by atoms with van der Waals surface area (Å²) < 4.78 is 3.34. The van der Waals surface area contributed by atoms with Crippen LogP contribution in [0.5, 0.6) is 0 Å². The number of nitrogens with one attached hydrogen (secondary N) is 2. The van der Waals surface area contributed by atoms with Gasteiger partial charge in [0.05, 0.1) is 30.9 Å². The number of nitrogens with zero attached hydrogens (tertiary/aromatic N) is 5.